The Labute approximate surface area is 99.6 Å². The topological polar surface area (TPSA) is 88.1 Å². The van der Waals surface area contributed by atoms with Crippen LogP contribution in [0.25, 0.3) is 0 Å². The van der Waals surface area contributed by atoms with Gasteiger partial charge in [0, 0.05) is 19.7 Å². The lowest BCUT2D eigenvalue weighted by Gasteiger charge is -2.32. The molecule has 7 nitrogen and oxygen atoms in total. The Morgan fingerprint density at radius 1 is 1.53 bits per heavy atom. The fourth-order valence-corrected chi connectivity index (χ4v) is 1.72. The largest absolute Gasteiger partial charge is 0.479 e. The van der Waals surface area contributed by atoms with Crippen LogP contribution in [0.3, 0.4) is 0 Å². The summed E-state index contributed by atoms with van der Waals surface area (Å²) in [7, 11) is 0. The van der Waals surface area contributed by atoms with E-state index in [0.717, 1.165) is 12.8 Å². The molecule has 1 rings (SSSR count). The average molecular weight is 246 g/mol. The van der Waals surface area contributed by atoms with Crippen LogP contribution in [0.15, 0.2) is 0 Å². The Balaban J connectivity index is 2.28. The fraction of sp³-hybridized carbons (Fsp3) is 0.800. The van der Waals surface area contributed by atoms with Gasteiger partial charge in [0.25, 0.3) is 0 Å². The first-order valence-corrected chi connectivity index (χ1v) is 5.63. The molecule has 0 aliphatic carbocycles. The number of aliphatic carboxylic acids is 1. The molecule has 1 fully saturated rings. The van der Waals surface area contributed by atoms with Gasteiger partial charge in [-0.2, -0.15) is 0 Å². The molecule has 1 heterocycles. The van der Waals surface area contributed by atoms with Crippen molar-refractivity contribution in [2.75, 3.05) is 26.3 Å². The van der Waals surface area contributed by atoms with Gasteiger partial charge in [-0.15, -0.1) is 0 Å². The summed E-state index contributed by atoms with van der Waals surface area (Å²) in [6.45, 7) is 3.13. The number of likely N-dealkylation sites (tertiary alicyclic amines) is 1. The van der Waals surface area contributed by atoms with E-state index < -0.39 is 18.6 Å². The van der Waals surface area contributed by atoms with Crippen LogP contribution in [0, 0.1) is 0 Å². The van der Waals surface area contributed by atoms with E-state index in [9.17, 15) is 9.59 Å². The van der Waals surface area contributed by atoms with Gasteiger partial charge in [-0.1, -0.05) is 0 Å². The molecule has 0 aromatic carbocycles. The number of hydrogen-bond acceptors (Lipinski definition) is 4. The molecule has 17 heavy (non-hydrogen) atoms. The van der Waals surface area contributed by atoms with Crippen LogP contribution < -0.4 is 5.48 Å². The van der Waals surface area contributed by atoms with Crippen molar-refractivity contribution in [3.8, 4) is 0 Å². The minimum Gasteiger partial charge on any atom is -0.479 e. The molecule has 0 bridgehead atoms. The number of urea groups is 1. The van der Waals surface area contributed by atoms with E-state index in [-0.39, 0.29) is 6.10 Å². The van der Waals surface area contributed by atoms with E-state index >= 15 is 0 Å². The molecule has 1 unspecified atom stereocenters. The summed E-state index contributed by atoms with van der Waals surface area (Å²) in [6, 6.07) is -0.421. The molecule has 0 aromatic heterocycles. The Bertz CT molecular complexity index is 269. The molecular weight excluding hydrogens is 228 g/mol. The third-order valence-electron chi connectivity index (χ3n) is 2.42. The predicted octanol–water partition coefficient (Wildman–Crippen LogP) is 0.213. The van der Waals surface area contributed by atoms with Crippen LogP contribution in [0.1, 0.15) is 19.8 Å². The van der Waals surface area contributed by atoms with Crippen molar-refractivity contribution in [1.82, 2.24) is 10.4 Å². The smallest absolute Gasteiger partial charge is 0.341 e. The summed E-state index contributed by atoms with van der Waals surface area (Å²) in [5, 5.41) is 8.34. The summed E-state index contributed by atoms with van der Waals surface area (Å²) in [6.07, 6.45) is 1.86. The SMILES string of the molecule is CCOC1CCCN(C(=O)NOCC(=O)O)C1. The summed E-state index contributed by atoms with van der Waals surface area (Å²) < 4.78 is 5.45. The lowest BCUT2D eigenvalue weighted by Crippen LogP contribution is -2.48. The number of hydroxylamine groups is 1. The molecular formula is C10H18N2O5. The molecule has 2 amide bonds. The van der Waals surface area contributed by atoms with E-state index in [0.29, 0.717) is 19.7 Å². The van der Waals surface area contributed by atoms with Gasteiger partial charge in [0.15, 0.2) is 6.61 Å². The van der Waals surface area contributed by atoms with Crippen molar-refractivity contribution in [2.24, 2.45) is 0 Å². The second-order valence-corrected chi connectivity index (χ2v) is 3.76. The van der Waals surface area contributed by atoms with Crippen LogP contribution in [-0.4, -0.2) is 54.4 Å². The zero-order valence-electron chi connectivity index (χ0n) is 9.85. The van der Waals surface area contributed by atoms with Crippen molar-refractivity contribution < 1.29 is 24.3 Å². The van der Waals surface area contributed by atoms with E-state index in [1.807, 2.05) is 6.92 Å². The second kappa shape index (κ2) is 7.08. The maximum Gasteiger partial charge on any atom is 0.341 e. The van der Waals surface area contributed by atoms with Crippen LogP contribution in [0.5, 0.6) is 0 Å². The maximum absolute atomic E-state index is 11.6. The lowest BCUT2D eigenvalue weighted by atomic mass is 10.1. The molecule has 0 aromatic rings. The number of hydrogen-bond donors (Lipinski definition) is 2. The highest BCUT2D eigenvalue weighted by atomic mass is 16.7. The Morgan fingerprint density at radius 3 is 2.94 bits per heavy atom. The maximum atomic E-state index is 11.6. The van der Waals surface area contributed by atoms with Crippen molar-refractivity contribution in [1.29, 1.82) is 0 Å². The van der Waals surface area contributed by atoms with Crippen molar-refractivity contribution in [2.45, 2.75) is 25.9 Å². The number of ether oxygens (including phenoxy) is 1. The molecule has 0 radical (unpaired) electrons. The number of amides is 2. The summed E-state index contributed by atoms with van der Waals surface area (Å²) in [4.78, 5) is 27.8. The van der Waals surface area contributed by atoms with E-state index in [1.54, 1.807) is 4.90 Å². The average Bonchev–Trinajstić information content (AvgIpc) is 2.29. The fourth-order valence-electron chi connectivity index (χ4n) is 1.72. The van der Waals surface area contributed by atoms with E-state index in [2.05, 4.69) is 10.3 Å². The van der Waals surface area contributed by atoms with Crippen LogP contribution in [0.4, 0.5) is 4.79 Å². The minimum absolute atomic E-state index is 0.0546. The number of nitrogens with one attached hydrogen (secondary N) is 1. The quantitative estimate of drug-likeness (QED) is 0.677. The van der Waals surface area contributed by atoms with Crippen molar-refractivity contribution in [3.05, 3.63) is 0 Å². The first kappa shape index (κ1) is 13.7. The number of carbonyl (C=O) groups excluding carboxylic acids is 1. The highest BCUT2D eigenvalue weighted by Gasteiger charge is 2.23. The molecule has 1 atom stereocenters. The highest BCUT2D eigenvalue weighted by Crippen LogP contribution is 2.12. The minimum atomic E-state index is -1.13. The molecule has 1 saturated heterocycles. The van der Waals surface area contributed by atoms with Gasteiger partial charge < -0.3 is 14.7 Å². The summed E-state index contributed by atoms with van der Waals surface area (Å²) >= 11 is 0. The molecule has 7 heteroatoms. The molecule has 0 spiro atoms. The van der Waals surface area contributed by atoms with Gasteiger partial charge in [0.1, 0.15) is 0 Å². The monoisotopic (exact) mass is 246 g/mol. The van der Waals surface area contributed by atoms with Crippen LogP contribution in [-0.2, 0) is 14.4 Å². The van der Waals surface area contributed by atoms with Gasteiger partial charge in [-0.25, -0.2) is 15.1 Å². The Morgan fingerprint density at radius 2 is 2.29 bits per heavy atom. The van der Waals surface area contributed by atoms with Gasteiger partial charge >= 0.3 is 12.0 Å². The molecule has 98 valence electrons. The predicted molar refractivity (Wildman–Crippen MR) is 58.3 cm³/mol. The number of piperidine rings is 1. The Hall–Kier alpha value is -1.34. The third kappa shape index (κ3) is 5.01. The van der Waals surface area contributed by atoms with Gasteiger partial charge in [-0.05, 0) is 19.8 Å². The zero-order chi connectivity index (χ0) is 12.7. The molecule has 2 N–H and O–H groups in total. The Kier molecular flexibility index (Phi) is 5.71. The zero-order valence-corrected chi connectivity index (χ0v) is 9.85. The summed E-state index contributed by atoms with van der Waals surface area (Å²) in [5.74, 6) is -1.13. The summed E-state index contributed by atoms with van der Waals surface area (Å²) in [5.41, 5.74) is 2.10. The second-order valence-electron chi connectivity index (χ2n) is 3.76. The normalized spacial score (nSPS) is 20.1. The van der Waals surface area contributed by atoms with E-state index in [1.165, 1.54) is 0 Å². The van der Waals surface area contributed by atoms with E-state index in [4.69, 9.17) is 9.84 Å². The van der Waals surface area contributed by atoms with Gasteiger partial charge in [-0.3, -0.25) is 4.84 Å². The lowest BCUT2D eigenvalue weighted by molar-refractivity contribution is -0.144. The first-order valence-electron chi connectivity index (χ1n) is 5.63. The highest BCUT2D eigenvalue weighted by molar-refractivity contribution is 5.73. The van der Waals surface area contributed by atoms with Crippen molar-refractivity contribution in [3.63, 3.8) is 0 Å². The van der Waals surface area contributed by atoms with Crippen LogP contribution >= 0.6 is 0 Å². The third-order valence-corrected chi connectivity index (χ3v) is 2.42. The number of nitrogens with zero attached hydrogens (tertiary/aromatic N) is 1. The van der Waals surface area contributed by atoms with Gasteiger partial charge in [0.05, 0.1) is 6.10 Å². The van der Waals surface area contributed by atoms with Crippen molar-refractivity contribution >= 4 is 12.0 Å². The molecule has 1 aliphatic heterocycles. The number of rotatable bonds is 5. The number of carbonyl (C=O) groups is 2. The molecule has 1 aliphatic rings. The number of carboxylic acid groups (broad SMARTS) is 1. The first-order chi connectivity index (χ1) is 8.13. The standard InChI is InChI=1S/C10H18N2O5/c1-2-16-8-4-3-5-12(6-8)10(15)11-17-7-9(13)14/h8H,2-7H2,1H3,(H,11,15)(H,13,14). The number of carboxylic acids is 1. The molecule has 0 saturated carbocycles. The van der Waals surface area contributed by atoms with Crippen LogP contribution in [0.2, 0.25) is 0 Å². The van der Waals surface area contributed by atoms with Gasteiger partial charge in [0.2, 0.25) is 0 Å².